The van der Waals surface area contributed by atoms with Gasteiger partial charge in [0, 0.05) is 31.1 Å². The van der Waals surface area contributed by atoms with E-state index in [1.54, 1.807) is 38.5 Å². The van der Waals surface area contributed by atoms with Crippen molar-refractivity contribution < 1.29 is 19.1 Å². The number of piperidine rings is 1. The van der Waals surface area contributed by atoms with Gasteiger partial charge in [0.05, 0.1) is 20.1 Å². The molecule has 1 saturated heterocycles. The van der Waals surface area contributed by atoms with E-state index in [2.05, 4.69) is 17.4 Å². The molecule has 0 aromatic heterocycles. The molecule has 1 aliphatic rings. The fourth-order valence-electron chi connectivity index (χ4n) is 4.71. The van der Waals surface area contributed by atoms with Gasteiger partial charge >= 0.3 is 0 Å². The van der Waals surface area contributed by atoms with Crippen LogP contribution in [0, 0.1) is 5.92 Å². The number of hydrogen-bond acceptors (Lipinski definition) is 4. The number of carbonyl (C=O) groups excluding carboxylic acids is 2. The molecular weight excluding hydrogens is 440 g/mol. The van der Waals surface area contributed by atoms with E-state index in [0.29, 0.717) is 43.8 Å². The van der Waals surface area contributed by atoms with Crippen molar-refractivity contribution in [2.75, 3.05) is 33.9 Å². The summed E-state index contributed by atoms with van der Waals surface area (Å²) in [7, 11) is 3.25. The van der Waals surface area contributed by atoms with Gasteiger partial charge in [0.25, 0.3) is 5.91 Å². The van der Waals surface area contributed by atoms with E-state index in [9.17, 15) is 9.59 Å². The van der Waals surface area contributed by atoms with Crippen LogP contribution in [0.1, 0.15) is 33.8 Å². The number of methoxy groups -OCH3 is 2. The second kappa shape index (κ2) is 11.6. The lowest BCUT2D eigenvalue weighted by Gasteiger charge is -2.37. The maximum absolute atomic E-state index is 13.4. The lowest BCUT2D eigenvalue weighted by Crippen LogP contribution is -2.48. The minimum atomic E-state index is -0.283. The van der Waals surface area contributed by atoms with Crippen LogP contribution in [0.25, 0.3) is 0 Å². The van der Waals surface area contributed by atoms with Gasteiger partial charge in [-0.2, -0.15) is 0 Å². The summed E-state index contributed by atoms with van der Waals surface area (Å²) in [5, 5.41) is 3.09. The van der Waals surface area contributed by atoms with Crippen LogP contribution in [0.5, 0.6) is 11.5 Å². The van der Waals surface area contributed by atoms with Crippen LogP contribution in [-0.2, 0) is 11.2 Å². The third-order valence-corrected chi connectivity index (χ3v) is 6.60. The number of nitrogens with one attached hydrogen (secondary N) is 1. The van der Waals surface area contributed by atoms with Crippen molar-refractivity contribution in [3.8, 4) is 11.5 Å². The SMILES string of the molecule is COc1ccc(C(=O)N2C[C@@H](C(=O)NCCc3ccccc3OC)C[C@H](c3ccccc3)C2)cc1. The Hall–Kier alpha value is -3.80. The highest BCUT2D eigenvalue weighted by Gasteiger charge is 2.34. The monoisotopic (exact) mass is 472 g/mol. The van der Waals surface area contributed by atoms with E-state index < -0.39 is 0 Å². The van der Waals surface area contributed by atoms with E-state index in [4.69, 9.17) is 9.47 Å². The Morgan fingerprint density at radius 2 is 1.60 bits per heavy atom. The summed E-state index contributed by atoms with van der Waals surface area (Å²) in [6.07, 6.45) is 1.38. The van der Waals surface area contributed by atoms with Crippen LogP contribution in [0.2, 0.25) is 0 Å². The third-order valence-electron chi connectivity index (χ3n) is 6.60. The highest BCUT2D eigenvalue weighted by atomic mass is 16.5. The smallest absolute Gasteiger partial charge is 0.253 e. The first-order valence-electron chi connectivity index (χ1n) is 12.0. The number of amides is 2. The Balaban J connectivity index is 1.46. The molecule has 1 N–H and O–H groups in total. The summed E-state index contributed by atoms with van der Waals surface area (Å²) in [6, 6.07) is 25.1. The predicted octanol–water partition coefficient (Wildman–Crippen LogP) is 4.31. The summed E-state index contributed by atoms with van der Waals surface area (Å²) in [5.74, 6) is 1.24. The molecule has 0 unspecified atom stereocenters. The first kappa shape index (κ1) is 24.3. The van der Waals surface area contributed by atoms with Crippen molar-refractivity contribution in [1.82, 2.24) is 10.2 Å². The van der Waals surface area contributed by atoms with E-state index in [-0.39, 0.29) is 23.7 Å². The quantitative estimate of drug-likeness (QED) is 0.531. The molecule has 2 amide bonds. The summed E-state index contributed by atoms with van der Waals surface area (Å²) < 4.78 is 10.6. The highest BCUT2D eigenvalue weighted by Crippen LogP contribution is 2.31. The molecule has 0 aliphatic carbocycles. The second-order valence-corrected chi connectivity index (χ2v) is 8.83. The summed E-state index contributed by atoms with van der Waals surface area (Å²) >= 11 is 0. The van der Waals surface area contributed by atoms with Crippen molar-refractivity contribution in [3.63, 3.8) is 0 Å². The summed E-state index contributed by atoms with van der Waals surface area (Å²) in [4.78, 5) is 28.4. The molecule has 0 radical (unpaired) electrons. The van der Waals surface area contributed by atoms with Crippen LogP contribution in [0.15, 0.2) is 78.9 Å². The van der Waals surface area contributed by atoms with Gasteiger partial charge in [-0.1, -0.05) is 48.5 Å². The van der Waals surface area contributed by atoms with Gasteiger partial charge in [0.2, 0.25) is 5.91 Å². The number of hydrogen-bond donors (Lipinski definition) is 1. The normalized spacial score (nSPS) is 17.5. The van der Waals surface area contributed by atoms with Crippen LogP contribution in [0.3, 0.4) is 0 Å². The maximum atomic E-state index is 13.4. The molecular formula is C29H32N2O4. The van der Waals surface area contributed by atoms with Crippen molar-refractivity contribution in [3.05, 3.63) is 95.6 Å². The lowest BCUT2D eigenvalue weighted by atomic mass is 9.83. The zero-order chi connectivity index (χ0) is 24.6. The van der Waals surface area contributed by atoms with Gasteiger partial charge < -0.3 is 19.7 Å². The van der Waals surface area contributed by atoms with Crippen LogP contribution >= 0.6 is 0 Å². The number of nitrogens with zero attached hydrogens (tertiary/aromatic N) is 1. The summed E-state index contributed by atoms with van der Waals surface area (Å²) in [5.41, 5.74) is 2.79. The molecule has 0 spiro atoms. The number of para-hydroxylation sites is 1. The predicted molar refractivity (Wildman–Crippen MR) is 136 cm³/mol. The molecule has 4 rings (SSSR count). The molecule has 3 aromatic carbocycles. The van der Waals surface area contributed by atoms with Gasteiger partial charge in [-0.05, 0) is 54.3 Å². The molecule has 1 fully saturated rings. The zero-order valence-electron chi connectivity index (χ0n) is 20.3. The number of benzene rings is 3. The van der Waals surface area contributed by atoms with Gasteiger partial charge in [0.15, 0.2) is 0 Å². The number of likely N-dealkylation sites (tertiary alicyclic amines) is 1. The second-order valence-electron chi connectivity index (χ2n) is 8.83. The molecule has 35 heavy (non-hydrogen) atoms. The molecule has 2 atom stereocenters. The molecule has 0 saturated carbocycles. The first-order valence-corrected chi connectivity index (χ1v) is 12.0. The van der Waals surface area contributed by atoms with Crippen molar-refractivity contribution >= 4 is 11.8 Å². The fourth-order valence-corrected chi connectivity index (χ4v) is 4.71. The van der Waals surface area contributed by atoms with Gasteiger partial charge in [0.1, 0.15) is 11.5 Å². The highest BCUT2D eigenvalue weighted by molar-refractivity contribution is 5.95. The molecule has 6 heteroatoms. The van der Waals surface area contributed by atoms with Crippen molar-refractivity contribution in [2.45, 2.75) is 18.8 Å². The average molecular weight is 473 g/mol. The number of carbonyl (C=O) groups is 2. The summed E-state index contributed by atoms with van der Waals surface area (Å²) in [6.45, 7) is 1.49. The standard InChI is InChI=1S/C29H32N2O4/c1-34-26-14-12-23(13-15-26)29(33)31-19-24(21-8-4-3-5-9-21)18-25(20-31)28(32)30-17-16-22-10-6-7-11-27(22)35-2/h3-15,24-25H,16-20H2,1-2H3,(H,30,32)/t24-,25-/m0/s1. The van der Waals surface area contributed by atoms with Gasteiger partial charge in [-0.3, -0.25) is 9.59 Å². The Morgan fingerprint density at radius 3 is 2.31 bits per heavy atom. The van der Waals surface area contributed by atoms with E-state index in [0.717, 1.165) is 16.9 Å². The van der Waals surface area contributed by atoms with Gasteiger partial charge in [-0.15, -0.1) is 0 Å². The van der Waals surface area contributed by atoms with E-state index in [1.807, 2.05) is 47.4 Å². The molecule has 1 aliphatic heterocycles. The molecule has 182 valence electrons. The molecule has 3 aromatic rings. The Labute approximate surface area is 206 Å². The van der Waals surface area contributed by atoms with E-state index >= 15 is 0 Å². The first-order chi connectivity index (χ1) is 17.1. The Kier molecular flexibility index (Phi) is 8.03. The van der Waals surface area contributed by atoms with E-state index in [1.165, 1.54) is 0 Å². The Bertz CT molecular complexity index is 1130. The largest absolute Gasteiger partial charge is 0.497 e. The zero-order valence-corrected chi connectivity index (χ0v) is 20.3. The van der Waals surface area contributed by atoms with Crippen molar-refractivity contribution in [2.24, 2.45) is 5.92 Å². The molecule has 6 nitrogen and oxygen atoms in total. The molecule has 1 heterocycles. The number of ether oxygens (including phenoxy) is 2. The number of rotatable bonds is 8. The molecule has 0 bridgehead atoms. The fraction of sp³-hybridized carbons (Fsp3) is 0.310. The Morgan fingerprint density at radius 1 is 0.886 bits per heavy atom. The average Bonchev–Trinajstić information content (AvgIpc) is 2.93. The minimum absolute atomic E-state index is 0.0203. The van der Waals surface area contributed by atoms with Gasteiger partial charge in [-0.25, -0.2) is 0 Å². The third kappa shape index (κ3) is 6.01. The van der Waals surface area contributed by atoms with Crippen LogP contribution in [0.4, 0.5) is 0 Å². The lowest BCUT2D eigenvalue weighted by molar-refractivity contribution is -0.126. The van der Waals surface area contributed by atoms with Crippen LogP contribution in [-0.4, -0.2) is 50.6 Å². The van der Waals surface area contributed by atoms with Crippen LogP contribution < -0.4 is 14.8 Å². The minimum Gasteiger partial charge on any atom is -0.497 e. The van der Waals surface area contributed by atoms with Crippen molar-refractivity contribution in [1.29, 1.82) is 0 Å². The maximum Gasteiger partial charge on any atom is 0.253 e. The topological polar surface area (TPSA) is 67.9 Å².